The molecule has 0 fully saturated rings. The first-order chi connectivity index (χ1) is 7.83. The fourth-order valence-corrected chi connectivity index (χ4v) is 1.99. The standard InChI is InChI=1S/C14H13NO/c15-12-7-5-10(6-8-12)14-9-11-3-1-2-4-13(11)16-14/h1,3,5-9H,2,4,15H2. The van der Waals surface area contributed by atoms with Crippen LogP contribution >= 0.6 is 0 Å². The third-order valence-electron chi connectivity index (χ3n) is 2.87. The first kappa shape index (κ1) is 9.28. The fraction of sp³-hybridized carbons (Fsp3) is 0.143. The number of fused-ring (bicyclic) bond motifs is 1. The van der Waals surface area contributed by atoms with Gasteiger partial charge in [0.2, 0.25) is 0 Å². The molecule has 0 amide bonds. The molecule has 0 saturated carbocycles. The molecule has 0 bridgehead atoms. The van der Waals surface area contributed by atoms with E-state index in [0.717, 1.165) is 35.6 Å². The van der Waals surface area contributed by atoms with Crippen molar-refractivity contribution >= 4 is 11.8 Å². The Balaban J connectivity index is 2.04. The summed E-state index contributed by atoms with van der Waals surface area (Å²) in [5, 5.41) is 0. The van der Waals surface area contributed by atoms with Crippen molar-refractivity contribution in [1.82, 2.24) is 0 Å². The molecule has 2 aromatic rings. The van der Waals surface area contributed by atoms with Crippen molar-refractivity contribution in [3.05, 3.63) is 47.7 Å². The number of allylic oxidation sites excluding steroid dienone is 1. The predicted molar refractivity (Wildman–Crippen MR) is 65.9 cm³/mol. The van der Waals surface area contributed by atoms with Crippen molar-refractivity contribution in [3.63, 3.8) is 0 Å². The van der Waals surface area contributed by atoms with Crippen molar-refractivity contribution < 1.29 is 4.42 Å². The molecule has 80 valence electrons. The topological polar surface area (TPSA) is 39.2 Å². The van der Waals surface area contributed by atoms with Gasteiger partial charge in [-0.15, -0.1) is 0 Å². The Morgan fingerprint density at radius 2 is 1.94 bits per heavy atom. The maximum absolute atomic E-state index is 5.84. The summed E-state index contributed by atoms with van der Waals surface area (Å²) < 4.78 is 5.84. The van der Waals surface area contributed by atoms with Crippen LogP contribution in [0.25, 0.3) is 17.4 Å². The van der Waals surface area contributed by atoms with E-state index in [4.69, 9.17) is 10.2 Å². The lowest BCUT2D eigenvalue weighted by Crippen LogP contribution is -1.87. The van der Waals surface area contributed by atoms with Crippen LogP contribution in [0.3, 0.4) is 0 Å². The fourth-order valence-electron chi connectivity index (χ4n) is 1.99. The Kier molecular flexibility index (Phi) is 2.07. The van der Waals surface area contributed by atoms with E-state index >= 15 is 0 Å². The average molecular weight is 211 g/mol. The number of aryl methyl sites for hydroxylation is 1. The third-order valence-corrected chi connectivity index (χ3v) is 2.87. The molecule has 1 aliphatic rings. The zero-order valence-corrected chi connectivity index (χ0v) is 8.94. The first-order valence-electron chi connectivity index (χ1n) is 5.48. The van der Waals surface area contributed by atoms with Gasteiger partial charge in [-0.25, -0.2) is 0 Å². The highest BCUT2D eigenvalue weighted by Crippen LogP contribution is 2.29. The second-order valence-electron chi connectivity index (χ2n) is 4.05. The number of hydrogen-bond acceptors (Lipinski definition) is 2. The van der Waals surface area contributed by atoms with Crippen molar-refractivity contribution in [3.8, 4) is 11.3 Å². The number of furan rings is 1. The van der Waals surface area contributed by atoms with Crippen molar-refractivity contribution in [1.29, 1.82) is 0 Å². The maximum Gasteiger partial charge on any atom is 0.134 e. The lowest BCUT2D eigenvalue weighted by Gasteiger charge is -2.00. The van der Waals surface area contributed by atoms with E-state index in [0.29, 0.717) is 0 Å². The predicted octanol–water partition coefficient (Wildman–Crippen LogP) is 3.49. The molecular weight excluding hydrogens is 198 g/mol. The lowest BCUT2D eigenvalue weighted by molar-refractivity contribution is 0.520. The van der Waals surface area contributed by atoms with E-state index in [2.05, 4.69) is 18.2 Å². The summed E-state index contributed by atoms with van der Waals surface area (Å²) in [5.74, 6) is 2.02. The van der Waals surface area contributed by atoms with E-state index in [1.165, 1.54) is 5.56 Å². The molecule has 1 aliphatic carbocycles. The van der Waals surface area contributed by atoms with E-state index in [1.807, 2.05) is 24.3 Å². The third kappa shape index (κ3) is 1.52. The highest BCUT2D eigenvalue weighted by Gasteiger charge is 2.12. The number of anilines is 1. The maximum atomic E-state index is 5.84. The van der Waals surface area contributed by atoms with E-state index in [-0.39, 0.29) is 0 Å². The summed E-state index contributed by atoms with van der Waals surface area (Å²) in [7, 11) is 0. The molecule has 2 nitrogen and oxygen atoms in total. The number of rotatable bonds is 1. The van der Waals surface area contributed by atoms with Gasteiger partial charge in [0.25, 0.3) is 0 Å². The Labute approximate surface area is 94.4 Å². The molecule has 1 aromatic carbocycles. The number of nitrogen functional groups attached to an aromatic ring is 1. The highest BCUT2D eigenvalue weighted by molar-refractivity contribution is 5.66. The van der Waals surface area contributed by atoms with Crippen LogP contribution in [0.1, 0.15) is 17.7 Å². The van der Waals surface area contributed by atoms with Crippen LogP contribution in [0, 0.1) is 0 Å². The van der Waals surface area contributed by atoms with Gasteiger partial charge in [-0.05, 0) is 36.8 Å². The summed E-state index contributed by atoms with van der Waals surface area (Å²) in [6.07, 6.45) is 6.39. The average Bonchev–Trinajstić information content (AvgIpc) is 2.73. The van der Waals surface area contributed by atoms with Gasteiger partial charge >= 0.3 is 0 Å². The second-order valence-corrected chi connectivity index (χ2v) is 4.05. The van der Waals surface area contributed by atoms with E-state index in [1.54, 1.807) is 0 Å². The van der Waals surface area contributed by atoms with Gasteiger partial charge in [0, 0.05) is 23.2 Å². The molecule has 0 atom stereocenters. The smallest absolute Gasteiger partial charge is 0.134 e. The largest absolute Gasteiger partial charge is 0.460 e. The van der Waals surface area contributed by atoms with Crippen LogP contribution in [0.2, 0.25) is 0 Å². The van der Waals surface area contributed by atoms with Gasteiger partial charge in [-0.1, -0.05) is 12.2 Å². The van der Waals surface area contributed by atoms with Gasteiger partial charge in [0.05, 0.1) is 0 Å². The lowest BCUT2D eigenvalue weighted by atomic mass is 10.1. The molecule has 1 aromatic heterocycles. The second kappa shape index (κ2) is 3.56. The van der Waals surface area contributed by atoms with Crippen LogP contribution in [-0.4, -0.2) is 0 Å². The molecule has 2 N–H and O–H groups in total. The van der Waals surface area contributed by atoms with Crippen molar-refractivity contribution in [2.45, 2.75) is 12.8 Å². The highest BCUT2D eigenvalue weighted by atomic mass is 16.3. The molecular formula is C14H13NO. The number of hydrogen-bond donors (Lipinski definition) is 1. The van der Waals surface area contributed by atoms with Crippen molar-refractivity contribution in [2.24, 2.45) is 0 Å². The minimum Gasteiger partial charge on any atom is -0.460 e. The number of benzene rings is 1. The van der Waals surface area contributed by atoms with Gasteiger partial charge in [0.15, 0.2) is 0 Å². The minimum atomic E-state index is 0.778. The van der Waals surface area contributed by atoms with E-state index < -0.39 is 0 Å². The van der Waals surface area contributed by atoms with Crippen LogP contribution < -0.4 is 5.73 Å². The number of nitrogens with two attached hydrogens (primary N) is 1. The summed E-state index contributed by atoms with van der Waals surface area (Å²) in [4.78, 5) is 0. The summed E-state index contributed by atoms with van der Waals surface area (Å²) in [6, 6.07) is 9.86. The van der Waals surface area contributed by atoms with E-state index in [9.17, 15) is 0 Å². The molecule has 0 aliphatic heterocycles. The zero-order chi connectivity index (χ0) is 11.0. The molecule has 1 heterocycles. The monoisotopic (exact) mass is 211 g/mol. The quantitative estimate of drug-likeness (QED) is 0.733. The van der Waals surface area contributed by atoms with Gasteiger partial charge in [-0.2, -0.15) is 0 Å². The SMILES string of the molecule is Nc1ccc(-c2cc3c(o2)CCC=C3)cc1. The van der Waals surface area contributed by atoms with Crippen molar-refractivity contribution in [2.75, 3.05) is 5.73 Å². The Morgan fingerprint density at radius 1 is 1.12 bits per heavy atom. The molecule has 16 heavy (non-hydrogen) atoms. The van der Waals surface area contributed by atoms with Gasteiger partial charge < -0.3 is 10.2 Å². The molecule has 2 heteroatoms. The summed E-state index contributed by atoms with van der Waals surface area (Å²) in [6.45, 7) is 0. The Bertz CT molecular complexity index is 534. The molecule has 0 saturated heterocycles. The molecule has 0 radical (unpaired) electrons. The first-order valence-corrected chi connectivity index (χ1v) is 5.48. The minimum absolute atomic E-state index is 0.778. The Hall–Kier alpha value is -1.96. The summed E-state index contributed by atoms with van der Waals surface area (Å²) >= 11 is 0. The zero-order valence-electron chi connectivity index (χ0n) is 8.94. The van der Waals surface area contributed by atoms with Crippen LogP contribution in [0.15, 0.2) is 40.8 Å². The normalized spacial score (nSPS) is 13.8. The summed E-state index contributed by atoms with van der Waals surface area (Å²) in [5.41, 5.74) is 8.73. The van der Waals surface area contributed by atoms with Crippen LogP contribution in [0.4, 0.5) is 5.69 Å². The molecule has 0 spiro atoms. The molecule has 3 rings (SSSR count). The Morgan fingerprint density at radius 3 is 2.69 bits per heavy atom. The van der Waals surface area contributed by atoms with Crippen LogP contribution in [-0.2, 0) is 6.42 Å². The van der Waals surface area contributed by atoms with Crippen LogP contribution in [0.5, 0.6) is 0 Å². The van der Waals surface area contributed by atoms with Gasteiger partial charge in [-0.3, -0.25) is 0 Å². The molecule has 0 unspecified atom stereocenters. The van der Waals surface area contributed by atoms with Gasteiger partial charge in [0.1, 0.15) is 11.5 Å².